The number of nitrogens with one attached hydrogen (secondary N) is 1. The summed E-state index contributed by atoms with van der Waals surface area (Å²) in [6.45, 7) is 5.71. The van der Waals surface area contributed by atoms with Crippen LogP contribution in [0, 0.1) is 11.8 Å². The molecule has 3 rings (SSSR count). The van der Waals surface area contributed by atoms with E-state index in [1.54, 1.807) is 37.8 Å². The second-order valence-corrected chi connectivity index (χ2v) is 11.4. The molecule has 2 aliphatic rings. The highest BCUT2D eigenvalue weighted by Crippen LogP contribution is 2.26. The summed E-state index contributed by atoms with van der Waals surface area (Å²) in [5, 5.41) is 12.7. The largest absolute Gasteiger partial charge is 0.463 e. The maximum Gasteiger partial charge on any atom is 0.309 e. The zero-order valence-corrected chi connectivity index (χ0v) is 23.3. The summed E-state index contributed by atoms with van der Waals surface area (Å²) in [6, 6.07) is 8.88. The van der Waals surface area contributed by atoms with Gasteiger partial charge in [0.25, 0.3) is 0 Å². The molecule has 9 heteroatoms. The molecule has 39 heavy (non-hydrogen) atoms. The van der Waals surface area contributed by atoms with Gasteiger partial charge in [-0.05, 0) is 58.4 Å². The predicted molar refractivity (Wildman–Crippen MR) is 145 cm³/mol. The van der Waals surface area contributed by atoms with Crippen molar-refractivity contribution < 1.29 is 33.8 Å². The Balaban J connectivity index is 1.69. The highest BCUT2D eigenvalue weighted by molar-refractivity contribution is 5.86. The topological polar surface area (TPSA) is 122 Å². The van der Waals surface area contributed by atoms with E-state index < -0.39 is 35.4 Å². The molecule has 0 aliphatic carbocycles. The molecule has 1 aromatic carbocycles. The van der Waals surface area contributed by atoms with Crippen LogP contribution in [0.2, 0.25) is 0 Å². The summed E-state index contributed by atoms with van der Waals surface area (Å²) in [5.74, 6) is -2.65. The van der Waals surface area contributed by atoms with Crippen molar-refractivity contribution in [2.75, 3.05) is 19.8 Å². The number of cyclic esters (lactones) is 1. The van der Waals surface area contributed by atoms with Gasteiger partial charge in [0.15, 0.2) is 0 Å². The summed E-state index contributed by atoms with van der Waals surface area (Å²) >= 11 is 0. The van der Waals surface area contributed by atoms with Crippen LogP contribution in [0.4, 0.5) is 0 Å². The first-order chi connectivity index (χ1) is 18.6. The van der Waals surface area contributed by atoms with Gasteiger partial charge in [-0.1, -0.05) is 42.5 Å². The molecule has 2 N–H and O–H groups in total. The van der Waals surface area contributed by atoms with Gasteiger partial charge in [-0.3, -0.25) is 19.2 Å². The number of aliphatic hydroxyl groups is 1. The highest BCUT2D eigenvalue weighted by atomic mass is 16.6. The number of benzene rings is 1. The van der Waals surface area contributed by atoms with Crippen molar-refractivity contribution in [3.63, 3.8) is 0 Å². The third-order valence-electron chi connectivity index (χ3n) is 6.94. The standard InChI is InChI=1S/C30H42N2O7/c1-30(2,3)39-27(35)18-23-13-8-7-12-22(28(36)32-15-9-14-25(32)20-38-29(23)37)17-26(34)31-24(19-33)16-21-10-5-4-6-11-21/h4-8,10-11,22-25,33H,9,12-20H2,1-3H3,(H,31,34)/b8-7-/t22-,23-,24+,25+/m1/s1. The van der Waals surface area contributed by atoms with E-state index in [1.165, 1.54) is 0 Å². The van der Waals surface area contributed by atoms with Crippen molar-refractivity contribution in [3.8, 4) is 0 Å². The Morgan fingerprint density at radius 2 is 1.79 bits per heavy atom. The molecule has 0 saturated carbocycles. The highest BCUT2D eigenvalue weighted by Gasteiger charge is 2.36. The first-order valence-corrected chi connectivity index (χ1v) is 13.8. The van der Waals surface area contributed by atoms with Crippen molar-refractivity contribution in [1.82, 2.24) is 10.2 Å². The number of fused-ring (bicyclic) bond motifs is 1. The van der Waals surface area contributed by atoms with Crippen LogP contribution >= 0.6 is 0 Å². The number of ether oxygens (including phenoxy) is 2. The van der Waals surface area contributed by atoms with Gasteiger partial charge in [0, 0.05) is 13.0 Å². The van der Waals surface area contributed by atoms with Crippen LogP contribution in [0.5, 0.6) is 0 Å². The number of carbonyl (C=O) groups is 4. The molecule has 9 nitrogen and oxygen atoms in total. The monoisotopic (exact) mass is 542 g/mol. The molecule has 0 bridgehead atoms. The zero-order chi connectivity index (χ0) is 28.4. The molecule has 0 aromatic heterocycles. The number of allylic oxidation sites excluding steroid dienone is 2. The van der Waals surface area contributed by atoms with Crippen LogP contribution in [0.15, 0.2) is 42.5 Å². The Bertz CT molecular complexity index is 1020. The van der Waals surface area contributed by atoms with Gasteiger partial charge in [-0.15, -0.1) is 0 Å². The van der Waals surface area contributed by atoms with Crippen LogP contribution in [-0.4, -0.2) is 71.2 Å². The number of rotatable bonds is 8. The minimum atomic E-state index is -0.689. The molecule has 2 aliphatic heterocycles. The van der Waals surface area contributed by atoms with E-state index in [-0.39, 0.29) is 50.3 Å². The molecular weight excluding hydrogens is 500 g/mol. The van der Waals surface area contributed by atoms with Gasteiger partial charge in [0.1, 0.15) is 12.2 Å². The maximum absolute atomic E-state index is 13.5. The third-order valence-corrected chi connectivity index (χ3v) is 6.94. The van der Waals surface area contributed by atoms with E-state index in [0.29, 0.717) is 25.8 Å². The average Bonchev–Trinajstić information content (AvgIpc) is 3.35. The van der Waals surface area contributed by atoms with Gasteiger partial charge in [-0.2, -0.15) is 0 Å². The van der Waals surface area contributed by atoms with Gasteiger partial charge in [-0.25, -0.2) is 0 Å². The molecule has 1 fully saturated rings. The number of carbonyl (C=O) groups excluding carboxylic acids is 4. The molecular formula is C30H42N2O7. The first-order valence-electron chi connectivity index (χ1n) is 13.8. The van der Waals surface area contributed by atoms with E-state index in [0.717, 1.165) is 12.0 Å². The lowest BCUT2D eigenvalue weighted by molar-refractivity contribution is -0.162. The van der Waals surface area contributed by atoms with Crippen molar-refractivity contribution in [3.05, 3.63) is 48.0 Å². The summed E-state index contributed by atoms with van der Waals surface area (Å²) in [4.78, 5) is 53.4. The second kappa shape index (κ2) is 14.3. The number of amides is 2. The van der Waals surface area contributed by atoms with E-state index >= 15 is 0 Å². The minimum Gasteiger partial charge on any atom is -0.463 e. The fraction of sp³-hybridized carbons (Fsp3) is 0.600. The normalized spacial score (nSPS) is 24.0. The third kappa shape index (κ3) is 9.80. The van der Waals surface area contributed by atoms with Gasteiger partial charge >= 0.3 is 11.9 Å². The van der Waals surface area contributed by atoms with Crippen LogP contribution in [0.1, 0.15) is 64.9 Å². The average molecular weight is 543 g/mol. The Kier molecular flexibility index (Phi) is 11.1. The maximum atomic E-state index is 13.5. The molecule has 1 saturated heterocycles. The van der Waals surface area contributed by atoms with Crippen molar-refractivity contribution in [2.24, 2.45) is 11.8 Å². The lowest BCUT2D eigenvalue weighted by atomic mass is 9.95. The summed E-state index contributed by atoms with van der Waals surface area (Å²) in [5.41, 5.74) is 0.342. The van der Waals surface area contributed by atoms with E-state index in [9.17, 15) is 24.3 Å². The molecule has 214 valence electrons. The van der Waals surface area contributed by atoms with Crippen LogP contribution in [-0.2, 0) is 35.1 Å². The molecule has 0 spiro atoms. The molecule has 4 atom stereocenters. The number of nitrogens with zero attached hydrogens (tertiary/aromatic N) is 1. The Morgan fingerprint density at radius 3 is 2.46 bits per heavy atom. The number of hydrogen-bond acceptors (Lipinski definition) is 7. The zero-order valence-electron chi connectivity index (χ0n) is 23.3. The van der Waals surface area contributed by atoms with Gasteiger partial charge in [0.2, 0.25) is 11.8 Å². The van der Waals surface area contributed by atoms with Crippen LogP contribution in [0.3, 0.4) is 0 Å². The van der Waals surface area contributed by atoms with E-state index in [2.05, 4.69) is 5.32 Å². The molecule has 1 aromatic rings. The van der Waals surface area contributed by atoms with E-state index in [4.69, 9.17) is 9.47 Å². The minimum absolute atomic E-state index is 0.0151. The predicted octanol–water partition coefficient (Wildman–Crippen LogP) is 2.94. The molecule has 0 unspecified atom stereocenters. The van der Waals surface area contributed by atoms with Crippen LogP contribution < -0.4 is 5.32 Å². The second-order valence-electron chi connectivity index (χ2n) is 11.4. The van der Waals surface area contributed by atoms with Crippen molar-refractivity contribution in [1.29, 1.82) is 0 Å². The lowest BCUT2D eigenvalue weighted by Gasteiger charge is -2.29. The summed E-state index contributed by atoms with van der Waals surface area (Å²) in [7, 11) is 0. The smallest absolute Gasteiger partial charge is 0.309 e. The van der Waals surface area contributed by atoms with Crippen LogP contribution in [0.25, 0.3) is 0 Å². The summed E-state index contributed by atoms with van der Waals surface area (Å²) < 4.78 is 11.0. The summed E-state index contributed by atoms with van der Waals surface area (Å²) in [6.07, 6.45) is 6.02. The fourth-order valence-electron chi connectivity index (χ4n) is 5.04. The Morgan fingerprint density at radius 1 is 1.10 bits per heavy atom. The Hall–Kier alpha value is -3.20. The van der Waals surface area contributed by atoms with Crippen molar-refractivity contribution in [2.45, 2.75) is 83.4 Å². The molecule has 2 heterocycles. The molecule has 0 radical (unpaired) electrons. The first kappa shape index (κ1) is 30.3. The molecule has 2 amide bonds. The Labute approximate surface area is 230 Å². The quantitative estimate of drug-likeness (QED) is 0.383. The number of esters is 2. The number of aliphatic hydroxyl groups excluding tert-OH is 1. The van der Waals surface area contributed by atoms with Gasteiger partial charge < -0.3 is 24.8 Å². The van der Waals surface area contributed by atoms with E-state index in [1.807, 2.05) is 30.3 Å². The SMILES string of the molecule is CC(C)(C)OC(=O)C[C@H]1C/C=C\C[C@H](CC(=O)N[C@H](CO)Cc2ccccc2)C(=O)N2CCC[C@H]2COC1=O. The fourth-order valence-corrected chi connectivity index (χ4v) is 5.04. The van der Waals surface area contributed by atoms with Gasteiger partial charge in [0.05, 0.1) is 36.9 Å². The number of hydrogen-bond donors (Lipinski definition) is 2. The lowest BCUT2D eigenvalue weighted by Crippen LogP contribution is -2.45. The van der Waals surface area contributed by atoms with Crippen molar-refractivity contribution >= 4 is 23.8 Å².